The van der Waals surface area contributed by atoms with Crippen LogP contribution in [0.5, 0.6) is 0 Å². The summed E-state index contributed by atoms with van der Waals surface area (Å²) in [5.74, 6) is 0. The fourth-order valence-corrected chi connectivity index (χ4v) is 1.91. The van der Waals surface area contributed by atoms with Gasteiger partial charge in [-0.1, -0.05) is 13.8 Å². The van der Waals surface area contributed by atoms with E-state index in [1.165, 1.54) is 0 Å². The highest BCUT2D eigenvalue weighted by Crippen LogP contribution is 2.21. The number of nitrogens with one attached hydrogen (secondary N) is 1. The second-order valence-electron chi connectivity index (χ2n) is 5.43. The molecule has 0 saturated carbocycles. The molecule has 2 heterocycles. The van der Waals surface area contributed by atoms with Crippen LogP contribution in [0, 0.1) is 6.92 Å². The van der Waals surface area contributed by atoms with Crippen molar-refractivity contribution < 1.29 is 9.53 Å². The minimum Gasteiger partial charge on any atom is -0.444 e. The van der Waals surface area contributed by atoms with E-state index in [4.69, 9.17) is 4.74 Å². The van der Waals surface area contributed by atoms with Gasteiger partial charge in [0.2, 0.25) is 0 Å². The average Bonchev–Trinajstić information content (AvgIpc) is 2.71. The lowest BCUT2D eigenvalue weighted by Gasteiger charge is -2.29. The molecule has 0 saturated heterocycles. The Morgan fingerprint density at radius 2 is 2.00 bits per heavy atom. The number of aryl methyl sites for hydroxylation is 1. The van der Waals surface area contributed by atoms with Gasteiger partial charge in [-0.15, -0.1) is 0 Å². The molecular formula is C14H25N3O2. The lowest BCUT2D eigenvalue weighted by Crippen LogP contribution is -2.39. The number of ether oxygens (including phenoxy) is 1. The third-order valence-electron chi connectivity index (χ3n) is 2.78. The standard InChI is InChI=1S/C12H19N3O2.C2H6/c1-8-9-7-15(6-5-10(9)14-13-8)11(16)17-12(2,3)4;1-2/h5-7H2,1-4H3,(H,13,14);1-2H3. The molecule has 108 valence electrons. The number of aromatic nitrogens is 2. The zero-order valence-corrected chi connectivity index (χ0v) is 12.8. The number of carbonyl (C=O) groups is 1. The molecule has 19 heavy (non-hydrogen) atoms. The average molecular weight is 267 g/mol. The van der Waals surface area contributed by atoms with Crippen LogP contribution in [0.1, 0.15) is 51.6 Å². The summed E-state index contributed by atoms with van der Waals surface area (Å²) < 4.78 is 5.37. The SMILES string of the molecule is CC.Cc1[nH]nc2c1CN(C(=O)OC(C)(C)C)CC2. The molecule has 1 aromatic rings. The van der Waals surface area contributed by atoms with E-state index < -0.39 is 5.60 Å². The molecule has 0 bridgehead atoms. The number of amides is 1. The van der Waals surface area contributed by atoms with Crippen LogP contribution in [0.2, 0.25) is 0 Å². The van der Waals surface area contributed by atoms with Crippen molar-refractivity contribution in [1.82, 2.24) is 15.1 Å². The summed E-state index contributed by atoms with van der Waals surface area (Å²) in [6, 6.07) is 0. The molecule has 0 fully saturated rings. The summed E-state index contributed by atoms with van der Waals surface area (Å²) in [5, 5.41) is 7.18. The van der Waals surface area contributed by atoms with Crippen molar-refractivity contribution in [2.45, 2.75) is 60.1 Å². The second kappa shape index (κ2) is 6.08. The topological polar surface area (TPSA) is 58.2 Å². The van der Waals surface area contributed by atoms with Gasteiger partial charge in [-0.25, -0.2) is 4.79 Å². The number of hydrogen-bond acceptors (Lipinski definition) is 3. The maximum absolute atomic E-state index is 11.9. The number of carbonyl (C=O) groups excluding carboxylic acids is 1. The molecule has 5 heteroatoms. The van der Waals surface area contributed by atoms with Crippen LogP contribution >= 0.6 is 0 Å². The molecule has 1 amide bonds. The summed E-state index contributed by atoms with van der Waals surface area (Å²) in [4.78, 5) is 13.7. The molecule has 0 spiro atoms. The molecule has 0 atom stereocenters. The Kier molecular flexibility index (Phi) is 4.97. The van der Waals surface area contributed by atoms with Crippen molar-refractivity contribution in [2.24, 2.45) is 0 Å². The van der Waals surface area contributed by atoms with E-state index in [1.54, 1.807) is 4.90 Å². The summed E-state index contributed by atoms with van der Waals surface area (Å²) >= 11 is 0. The zero-order valence-electron chi connectivity index (χ0n) is 12.8. The summed E-state index contributed by atoms with van der Waals surface area (Å²) in [6.45, 7) is 12.9. The molecule has 2 rings (SSSR count). The Morgan fingerprint density at radius 1 is 1.37 bits per heavy atom. The van der Waals surface area contributed by atoms with Crippen molar-refractivity contribution in [3.8, 4) is 0 Å². The van der Waals surface area contributed by atoms with Crippen LogP contribution in [0.25, 0.3) is 0 Å². The van der Waals surface area contributed by atoms with Gasteiger partial charge in [0.1, 0.15) is 5.60 Å². The van der Waals surface area contributed by atoms with Crippen LogP contribution in [-0.4, -0.2) is 33.3 Å². The highest BCUT2D eigenvalue weighted by atomic mass is 16.6. The number of aromatic amines is 1. The molecule has 0 aromatic carbocycles. The fourth-order valence-electron chi connectivity index (χ4n) is 1.91. The first-order valence-corrected chi connectivity index (χ1v) is 6.87. The smallest absolute Gasteiger partial charge is 0.410 e. The van der Waals surface area contributed by atoms with Crippen molar-refractivity contribution in [2.75, 3.05) is 6.54 Å². The summed E-state index contributed by atoms with van der Waals surface area (Å²) in [6.07, 6.45) is 0.544. The number of fused-ring (bicyclic) bond motifs is 1. The van der Waals surface area contributed by atoms with Crippen LogP contribution in [-0.2, 0) is 17.7 Å². The quantitative estimate of drug-likeness (QED) is 0.786. The largest absolute Gasteiger partial charge is 0.444 e. The van der Waals surface area contributed by atoms with E-state index in [2.05, 4.69) is 10.2 Å². The molecule has 0 radical (unpaired) electrons. The van der Waals surface area contributed by atoms with Gasteiger partial charge < -0.3 is 9.64 Å². The molecule has 0 aliphatic carbocycles. The first kappa shape index (κ1) is 15.5. The minimum absolute atomic E-state index is 0.247. The Balaban J connectivity index is 0.000000861. The van der Waals surface area contributed by atoms with E-state index in [0.717, 1.165) is 23.4 Å². The zero-order chi connectivity index (χ0) is 14.6. The third-order valence-corrected chi connectivity index (χ3v) is 2.78. The number of rotatable bonds is 0. The van der Waals surface area contributed by atoms with Crippen molar-refractivity contribution in [1.29, 1.82) is 0 Å². The van der Waals surface area contributed by atoms with Gasteiger partial charge in [-0.05, 0) is 27.7 Å². The van der Waals surface area contributed by atoms with Crippen LogP contribution < -0.4 is 0 Å². The van der Waals surface area contributed by atoms with Gasteiger partial charge in [0.15, 0.2) is 0 Å². The number of hydrogen-bond donors (Lipinski definition) is 1. The predicted molar refractivity (Wildman–Crippen MR) is 75.0 cm³/mol. The van der Waals surface area contributed by atoms with E-state index in [-0.39, 0.29) is 6.09 Å². The van der Waals surface area contributed by atoms with E-state index in [1.807, 2.05) is 41.5 Å². The molecule has 0 unspecified atom stereocenters. The molecule has 5 nitrogen and oxygen atoms in total. The predicted octanol–water partition coefficient (Wildman–Crippen LogP) is 3.04. The van der Waals surface area contributed by atoms with Crippen molar-refractivity contribution >= 4 is 6.09 Å². The van der Waals surface area contributed by atoms with Gasteiger partial charge in [-0.2, -0.15) is 5.10 Å². The van der Waals surface area contributed by atoms with E-state index in [0.29, 0.717) is 13.1 Å². The maximum Gasteiger partial charge on any atom is 0.410 e. The third kappa shape index (κ3) is 3.98. The lowest BCUT2D eigenvalue weighted by atomic mass is 10.1. The molecular weight excluding hydrogens is 242 g/mol. The normalized spacial score (nSPS) is 14.3. The van der Waals surface area contributed by atoms with Gasteiger partial charge in [0, 0.05) is 24.2 Å². The highest BCUT2D eigenvalue weighted by Gasteiger charge is 2.27. The highest BCUT2D eigenvalue weighted by molar-refractivity contribution is 5.68. The van der Waals surface area contributed by atoms with Crippen molar-refractivity contribution in [3.05, 3.63) is 17.0 Å². The first-order valence-electron chi connectivity index (χ1n) is 6.87. The monoisotopic (exact) mass is 267 g/mol. The van der Waals surface area contributed by atoms with Gasteiger partial charge >= 0.3 is 6.09 Å². The van der Waals surface area contributed by atoms with Gasteiger partial charge in [0.25, 0.3) is 0 Å². The molecule has 1 aliphatic heterocycles. The van der Waals surface area contributed by atoms with Crippen LogP contribution in [0.4, 0.5) is 4.79 Å². The maximum atomic E-state index is 11.9. The summed E-state index contributed by atoms with van der Waals surface area (Å²) in [5.41, 5.74) is 2.79. The fraction of sp³-hybridized carbons (Fsp3) is 0.714. The van der Waals surface area contributed by atoms with E-state index >= 15 is 0 Å². The second-order valence-corrected chi connectivity index (χ2v) is 5.43. The minimum atomic E-state index is -0.442. The Hall–Kier alpha value is -1.52. The van der Waals surface area contributed by atoms with Crippen LogP contribution in [0.15, 0.2) is 0 Å². The summed E-state index contributed by atoms with van der Waals surface area (Å²) in [7, 11) is 0. The first-order chi connectivity index (χ1) is 8.87. The van der Waals surface area contributed by atoms with Gasteiger partial charge in [0.05, 0.1) is 12.2 Å². The molecule has 1 N–H and O–H groups in total. The number of nitrogens with zero attached hydrogens (tertiary/aromatic N) is 2. The van der Waals surface area contributed by atoms with Crippen LogP contribution in [0.3, 0.4) is 0 Å². The molecule has 1 aromatic heterocycles. The van der Waals surface area contributed by atoms with Crippen molar-refractivity contribution in [3.63, 3.8) is 0 Å². The lowest BCUT2D eigenvalue weighted by molar-refractivity contribution is 0.0223. The molecule has 1 aliphatic rings. The Labute approximate surface area is 115 Å². The van der Waals surface area contributed by atoms with Gasteiger partial charge in [-0.3, -0.25) is 5.10 Å². The van der Waals surface area contributed by atoms with E-state index in [9.17, 15) is 4.79 Å². The number of H-pyrrole nitrogens is 1. The Morgan fingerprint density at radius 3 is 2.58 bits per heavy atom. The Bertz CT molecular complexity index is 432.